The van der Waals surface area contributed by atoms with Gasteiger partial charge in [-0.05, 0) is 30.3 Å². The second-order valence-corrected chi connectivity index (χ2v) is 4.05. The Morgan fingerprint density at radius 3 is 2.47 bits per heavy atom. The van der Waals surface area contributed by atoms with E-state index in [1.54, 1.807) is 0 Å². The van der Waals surface area contributed by atoms with Gasteiger partial charge in [0.1, 0.15) is 11.5 Å². The van der Waals surface area contributed by atoms with Crippen molar-refractivity contribution in [2.45, 2.75) is 0 Å². The average Bonchev–Trinajstić information content (AvgIpc) is 2.39. The quantitative estimate of drug-likeness (QED) is 0.792. The van der Waals surface area contributed by atoms with Crippen molar-refractivity contribution < 1.29 is 18.3 Å². The molecule has 3 nitrogen and oxygen atoms in total. The van der Waals surface area contributed by atoms with Crippen LogP contribution in [0, 0.1) is 11.6 Å². The van der Waals surface area contributed by atoms with Gasteiger partial charge in [-0.25, -0.2) is 18.6 Å². The summed E-state index contributed by atoms with van der Waals surface area (Å²) in [7, 11) is 1.17. The second kappa shape index (κ2) is 5.32. The molecule has 0 unspecified atom stereocenters. The Hall–Kier alpha value is -2.01. The van der Waals surface area contributed by atoms with Crippen molar-refractivity contribution in [3.05, 3.63) is 52.7 Å². The molecule has 98 valence electrons. The van der Waals surface area contributed by atoms with Crippen LogP contribution in [-0.4, -0.2) is 18.1 Å². The fourth-order valence-corrected chi connectivity index (χ4v) is 1.73. The Morgan fingerprint density at radius 2 is 1.89 bits per heavy atom. The van der Waals surface area contributed by atoms with E-state index in [1.165, 1.54) is 31.4 Å². The fourth-order valence-electron chi connectivity index (χ4n) is 1.52. The lowest BCUT2D eigenvalue weighted by Gasteiger charge is -2.07. The molecule has 0 saturated heterocycles. The monoisotopic (exact) mass is 283 g/mol. The number of pyridine rings is 1. The molecule has 0 aliphatic carbocycles. The van der Waals surface area contributed by atoms with Crippen LogP contribution in [0.15, 0.2) is 30.3 Å². The van der Waals surface area contributed by atoms with Crippen LogP contribution in [0.3, 0.4) is 0 Å². The van der Waals surface area contributed by atoms with Crippen LogP contribution in [0.1, 0.15) is 10.5 Å². The lowest BCUT2D eigenvalue weighted by Crippen LogP contribution is -2.07. The number of rotatable bonds is 2. The van der Waals surface area contributed by atoms with Gasteiger partial charge in [-0.1, -0.05) is 11.6 Å². The van der Waals surface area contributed by atoms with Crippen molar-refractivity contribution in [2.75, 3.05) is 7.11 Å². The van der Waals surface area contributed by atoms with Gasteiger partial charge in [-0.2, -0.15) is 0 Å². The van der Waals surface area contributed by atoms with E-state index in [0.717, 1.165) is 6.07 Å². The number of nitrogens with zero attached hydrogens (tertiary/aromatic N) is 1. The number of esters is 1. The first kappa shape index (κ1) is 13.4. The summed E-state index contributed by atoms with van der Waals surface area (Å²) in [5.41, 5.74) is 0.0513. The summed E-state index contributed by atoms with van der Waals surface area (Å²) >= 11 is 5.72. The Bertz CT molecular complexity index is 629. The van der Waals surface area contributed by atoms with E-state index in [9.17, 15) is 13.6 Å². The molecule has 1 aromatic heterocycles. The average molecular weight is 284 g/mol. The highest BCUT2D eigenvalue weighted by molar-refractivity contribution is 6.33. The van der Waals surface area contributed by atoms with Gasteiger partial charge in [-0.15, -0.1) is 0 Å². The molecule has 1 heterocycles. The van der Waals surface area contributed by atoms with Crippen molar-refractivity contribution in [1.82, 2.24) is 4.98 Å². The molecule has 0 fully saturated rings. The van der Waals surface area contributed by atoms with Crippen LogP contribution in [0.25, 0.3) is 11.3 Å². The van der Waals surface area contributed by atoms with Crippen molar-refractivity contribution in [3.8, 4) is 11.3 Å². The molecule has 0 radical (unpaired) electrons. The van der Waals surface area contributed by atoms with E-state index in [0.29, 0.717) is 5.56 Å². The first-order chi connectivity index (χ1) is 9.02. The highest BCUT2D eigenvalue weighted by Gasteiger charge is 2.18. The number of carbonyl (C=O) groups is 1. The minimum absolute atomic E-state index is 0.0928. The van der Waals surface area contributed by atoms with Crippen LogP contribution in [0.4, 0.5) is 8.78 Å². The SMILES string of the molecule is COC(=O)c1nc(-c2ccc(F)cc2)c(F)cc1Cl. The predicted octanol–water partition coefficient (Wildman–Crippen LogP) is 3.47. The molecular formula is C13H8ClF2NO2. The van der Waals surface area contributed by atoms with E-state index in [2.05, 4.69) is 9.72 Å². The number of benzene rings is 1. The molecule has 6 heteroatoms. The van der Waals surface area contributed by atoms with Crippen LogP contribution in [-0.2, 0) is 4.74 Å². The zero-order valence-electron chi connectivity index (χ0n) is 9.78. The van der Waals surface area contributed by atoms with Crippen LogP contribution >= 0.6 is 11.6 Å². The summed E-state index contributed by atoms with van der Waals surface area (Å²) < 4.78 is 31.1. The highest BCUT2D eigenvalue weighted by Crippen LogP contribution is 2.26. The molecule has 0 atom stereocenters. The number of hydrogen-bond donors (Lipinski definition) is 0. The zero-order valence-corrected chi connectivity index (χ0v) is 10.5. The number of ether oxygens (including phenoxy) is 1. The third-order valence-corrected chi connectivity index (χ3v) is 2.71. The van der Waals surface area contributed by atoms with Gasteiger partial charge in [0.05, 0.1) is 12.1 Å². The van der Waals surface area contributed by atoms with Crippen molar-refractivity contribution in [2.24, 2.45) is 0 Å². The van der Waals surface area contributed by atoms with Gasteiger partial charge in [0, 0.05) is 5.56 Å². The summed E-state index contributed by atoms with van der Waals surface area (Å²) in [6, 6.07) is 6.02. The third-order valence-electron chi connectivity index (χ3n) is 2.43. The lowest BCUT2D eigenvalue weighted by atomic mass is 10.1. The molecule has 2 rings (SSSR count). The third kappa shape index (κ3) is 2.71. The molecular weight excluding hydrogens is 276 g/mol. The van der Waals surface area contributed by atoms with E-state index in [1.807, 2.05) is 0 Å². The van der Waals surface area contributed by atoms with Crippen LogP contribution in [0.5, 0.6) is 0 Å². The summed E-state index contributed by atoms with van der Waals surface area (Å²) in [6.45, 7) is 0. The van der Waals surface area contributed by atoms with E-state index in [-0.39, 0.29) is 16.4 Å². The molecule has 19 heavy (non-hydrogen) atoms. The van der Waals surface area contributed by atoms with Gasteiger partial charge in [0.2, 0.25) is 0 Å². The van der Waals surface area contributed by atoms with Crippen molar-refractivity contribution in [3.63, 3.8) is 0 Å². The van der Waals surface area contributed by atoms with E-state index >= 15 is 0 Å². The molecule has 0 saturated carbocycles. The maximum atomic E-state index is 13.8. The van der Waals surface area contributed by atoms with Gasteiger partial charge >= 0.3 is 5.97 Å². The van der Waals surface area contributed by atoms with E-state index < -0.39 is 17.6 Å². The normalized spacial score (nSPS) is 10.3. The van der Waals surface area contributed by atoms with E-state index in [4.69, 9.17) is 11.6 Å². The summed E-state index contributed by atoms with van der Waals surface area (Å²) in [5, 5.41) is -0.143. The second-order valence-electron chi connectivity index (χ2n) is 3.65. The Kier molecular flexibility index (Phi) is 3.76. The Balaban J connectivity index is 2.57. The first-order valence-electron chi connectivity index (χ1n) is 5.23. The van der Waals surface area contributed by atoms with Crippen LogP contribution < -0.4 is 0 Å². The molecule has 0 bridgehead atoms. The number of carbonyl (C=O) groups excluding carboxylic acids is 1. The van der Waals surface area contributed by atoms with Gasteiger partial charge in [-0.3, -0.25) is 0 Å². The van der Waals surface area contributed by atoms with Crippen molar-refractivity contribution in [1.29, 1.82) is 0 Å². The number of aromatic nitrogens is 1. The molecule has 2 aromatic rings. The highest BCUT2D eigenvalue weighted by atomic mass is 35.5. The largest absolute Gasteiger partial charge is 0.464 e. The first-order valence-corrected chi connectivity index (χ1v) is 5.61. The zero-order chi connectivity index (χ0) is 14.0. The number of methoxy groups -OCH3 is 1. The molecule has 1 aromatic carbocycles. The standard InChI is InChI=1S/C13H8ClF2NO2/c1-19-13(18)12-9(14)6-10(16)11(17-12)7-2-4-8(15)5-3-7/h2-6H,1H3. The minimum atomic E-state index is -0.770. The van der Waals surface area contributed by atoms with Gasteiger partial charge < -0.3 is 4.74 Å². The smallest absolute Gasteiger partial charge is 0.358 e. The maximum Gasteiger partial charge on any atom is 0.358 e. The number of hydrogen-bond acceptors (Lipinski definition) is 3. The fraction of sp³-hybridized carbons (Fsp3) is 0.0769. The topological polar surface area (TPSA) is 39.2 Å². The molecule has 0 spiro atoms. The van der Waals surface area contributed by atoms with Gasteiger partial charge in [0.25, 0.3) is 0 Å². The lowest BCUT2D eigenvalue weighted by molar-refractivity contribution is 0.0594. The van der Waals surface area contributed by atoms with Crippen LogP contribution in [0.2, 0.25) is 5.02 Å². The molecule has 0 N–H and O–H groups in total. The molecule has 0 aliphatic heterocycles. The molecule has 0 amide bonds. The van der Waals surface area contributed by atoms with Gasteiger partial charge in [0.15, 0.2) is 11.5 Å². The van der Waals surface area contributed by atoms with Crippen molar-refractivity contribution >= 4 is 17.6 Å². The summed E-state index contributed by atoms with van der Waals surface area (Å²) in [5.74, 6) is -1.93. The maximum absolute atomic E-state index is 13.8. The Labute approximate surface area is 112 Å². The summed E-state index contributed by atoms with van der Waals surface area (Å²) in [6.07, 6.45) is 0. The minimum Gasteiger partial charge on any atom is -0.464 e. The summed E-state index contributed by atoms with van der Waals surface area (Å²) in [4.78, 5) is 15.3. The Morgan fingerprint density at radius 1 is 1.26 bits per heavy atom. The molecule has 0 aliphatic rings. The predicted molar refractivity (Wildman–Crippen MR) is 65.9 cm³/mol. The number of halogens is 3.